The highest BCUT2D eigenvalue weighted by atomic mass is 79.9. The molecule has 1 aromatic rings. The molecule has 8 nitrogen and oxygen atoms in total. The lowest BCUT2D eigenvalue weighted by Gasteiger charge is -2.12. The molecule has 1 atom stereocenters. The molecule has 0 saturated heterocycles. The summed E-state index contributed by atoms with van der Waals surface area (Å²) in [5.41, 5.74) is 5.29. The van der Waals surface area contributed by atoms with Crippen LogP contribution in [-0.2, 0) is 14.6 Å². The summed E-state index contributed by atoms with van der Waals surface area (Å²) >= 11 is 3.10. The van der Waals surface area contributed by atoms with Crippen LogP contribution in [0, 0.1) is 10.1 Å². The van der Waals surface area contributed by atoms with Gasteiger partial charge in [-0.2, -0.15) is 0 Å². The molecule has 0 aliphatic heterocycles. The first-order chi connectivity index (χ1) is 9.60. The lowest BCUT2D eigenvalue weighted by molar-refractivity contribution is -0.384. The SMILES string of the molecule is CS(=O)(=O)CCC(N)C(=O)Nc1ccc(Br)cc1[N+](=O)[O-]. The fraction of sp³-hybridized carbons (Fsp3) is 0.364. The molecule has 0 radical (unpaired) electrons. The van der Waals surface area contributed by atoms with Gasteiger partial charge in [0, 0.05) is 16.8 Å². The third-order valence-electron chi connectivity index (χ3n) is 2.55. The van der Waals surface area contributed by atoms with Crippen LogP contribution in [0.25, 0.3) is 0 Å². The summed E-state index contributed by atoms with van der Waals surface area (Å²) in [6, 6.07) is 3.08. The van der Waals surface area contributed by atoms with Crippen LogP contribution < -0.4 is 11.1 Å². The van der Waals surface area contributed by atoms with Crippen molar-refractivity contribution in [2.45, 2.75) is 12.5 Å². The number of amides is 1. The fourth-order valence-electron chi connectivity index (χ4n) is 1.46. The number of nitro groups is 1. The molecule has 1 rings (SSSR count). The standard InChI is InChI=1S/C11H14BrN3O5S/c1-21(19,20)5-4-8(13)11(16)14-9-3-2-7(12)6-10(9)15(17)18/h2-3,6,8H,4-5,13H2,1H3,(H,14,16). The van der Waals surface area contributed by atoms with E-state index in [0.29, 0.717) is 4.47 Å². The van der Waals surface area contributed by atoms with Crippen LogP contribution >= 0.6 is 15.9 Å². The number of hydrogen-bond donors (Lipinski definition) is 2. The Balaban J connectivity index is 2.81. The van der Waals surface area contributed by atoms with Crippen molar-refractivity contribution in [3.8, 4) is 0 Å². The summed E-state index contributed by atoms with van der Waals surface area (Å²) in [5, 5.41) is 13.2. The number of halogens is 1. The molecule has 0 bridgehead atoms. The molecule has 0 spiro atoms. The van der Waals surface area contributed by atoms with E-state index < -0.39 is 26.7 Å². The van der Waals surface area contributed by atoms with Crippen LogP contribution in [0.15, 0.2) is 22.7 Å². The van der Waals surface area contributed by atoms with Crippen molar-refractivity contribution in [3.05, 3.63) is 32.8 Å². The number of carbonyl (C=O) groups is 1. The maximum absolute atomic E-state index is 11.8. The van der Waals surface area contributed by atoms with Gasteiger partial charge in [0.2, 0.25) is 5.91 Å². The fourth-order valence-corrected chi connectivity index (χ4v) is 2.49. The Kier molecular flexibility index (Phi) is 5.81. The zero-order chi connectivity index (χ0) is 16.2. The van der Waals surface area contributed by atoms with Crippen LogP contribution in [0.1, 0.15) is 6.42 Å². The molecule has 116 valence electrons. The quantitative estimate of drug-likeness (QED) is 0.560. The Morgan fingerprint density at radius 2 is 2.14 bits per heavy atom. The number of nitrogens with two attached hydrogens (primary N) is 1. The van der Waals surface area contributed by atoms with E-state index in [1.807, 2.05) is 0 Å². The summed E-state index contributed by atoms with van der Waals surface area (Å²) in [4.78, 5) is 22.1. The van der Waals surface area contributed by atoms with Crippen LogP contribution in [-0.4, -0.2) is 37.3 Å². The van der Waals surface area contributed by atoms with E-state index in [9.17, 15) is 23.3 Å². The molecule has 1 aromatic carbocycles. The monoisotopic (exact) mass is 379 g/mol. The van der Waals surface area contributed by atoms with E-state index >= 15 is 0 Å². The summed E-state index contributed by atoms with van der Waals surface area (Å²) in [6.45, 7) is 0. The van der Waals surface area contributed by atoms with Crippen molar-refractivity contribution in [3.63, 3.8) is 0 Å². The highest BCUT2D eigenvalue weighted by molar-refractivity contribution is 9.10. The van der Waals surface area contributed by atoms with Crippen LogP contribution in [0.5, 0.6) is 0 Å². The van der Waals surface area contributed by atoms with Crippen molar-refractivity contribution in [1.82, 2.24) is 0 Å². The predicted octanol–water partition coefficient (Wildman–Crippen LogP) is 1.06. The average Bonchev–Trinajstić information content (AvgIpc) is 2.36. The zero-order valence-electron chi connectivity index (χ0n) is 11.1. The molecule has 0 aromatic heterocycles. The van der Waals surface area contributed by atoms with E-state index in [0.717, 1.165) is 6.26 Å². The van der Waals surface area contributed by atoms with Crippen LogP contribution in [0.4, 0.5) is 11.4 Å². The maximum Gasteiger partial charge on any atom is 0.293 e. The molecular weight excluding hydrogens is 366 g/mol. The summed E-state index contributed by atoms with van der Waals surface area (Å²) in [7, 11) is -3.23. The third-order valence-corrected chi connectivity index (χ3v) is 4.02. The Morgan fingerprint density at radius 1 is 1.52 bits per heavy atom. The maximum atomic E-state index is 11.8. The Morgan fingerprint density at radius 3 is 2.67 bits per heavy atom. The number of benzene rings is 1. The first-order valence-corrected chi connectivity index (χ1v) is 8.63. The summed E-state index contributed by atoms with van der Waals surface area (Å²) < 4.78 is 22.5. The first-order valence-electron chi connectivity index (χ1n) is 5.78. The summed E-state index contributed by atoms with van der Waals surface area (Å²) in [6.07, 6.45) is 0.978. The number of nitrogens with one attached hydrogen (secondary N) is 1. The molecule has 3 N–H and O–H groups in total. The first kappa shape index (κ1) is 17.5. The van der Waals surface area contributed by atoms with Gasteiger partial charge < -0.3 is 11.1 Å². The minimum Gasteiger partial charge on any atom is -0.320 e. The zero-order valence-corrected chi connectivity index (χ0v) is 13.5. The Bertz CT molecular complexity index is 662. The molecular formula is C11H14BrN3O5S. The number of carbonyl (C=O) groups excluding carboxylic acids is 1. The van der Waals surface area contributed by atoms with Gasteiger partial charge in [-0.05, 0) is 18.6 Å². The number of hydrogen-bond acceptors (Lipinski definition) is 6. The van der Waals surface area contributed by atoms with Crippen LogP contribution in [0.2, 0.25) is 0 Å². The minimum atomic E-state index is -3.23. The van der Waals surface area contributed by atoms with Gasteiger partial charge in [0.15, 0.2) is 0 Å². The number of nitrogens with zero attached hydrogens (tertiary/aromatic N) is 1. The Hall–Kier alpha value is -1.52. The van der Waals surface area contributed by atoms with Gasteiger partial charge in [0.05, 0.1) is 16.7 Å². The molecule has 0 aliphatic rings. The molecule has 0 fully saturated rings. The van der Waals surface area contributed by atoms with Gasteiger partial charge >= 0.3 is 0 Å². The van der Waals surface area contributed by atoms with Gasteiger partial charge in [-0.25, -0.2) is 8.42 Å². The molecule has 21 heavy (non-hydrogen) atoms. The second-order valence-electron chi connectivity index (χ2n) is 4.43. The van der Waals surface area contributed by atoms with E-state index in [1.54, 1.807) is 0 Å². The number of sulfone groups is 1. The van der Waals surface area contributed by atoms with Crippen molar-refractivity contribution in [2.24, 2.45) is 5.73 Å². The number of anilines is 1. The topological polar surface area (TPSA) is 132 Å². The normalized spacial score (nSPS) is 12.7. The molecule has 0 aliphatic carbocycles. The highest BCUT2D eigenvalue weighted by Crippen LogP contribution is 2.28. The molecule has 1 amide bonds. The Labute approximate surface area is 129 Å². The van der Waals surface area contributed by atoms with E-state index in [1.165, 1.54) is 18.2 Å². The highest BCUT2D eigenvalue weighted by Gasteiger charge is 2.20. The minimum absolute atomic E-state index is 0.00278. The average molecular weight is 380 g/mol. The van der Waals surface area contributed by atoms with Gasteiger partial charge in [0.25, 0.3) is 5.69 Å². The molecule has 0 saturated carbocycles. The third kappa shape index (κ3) is 5.78. The second-order valence-corrected chi connectivity index (χ2v) is 7.61. The van der Waals surface area contributed by atoms with Crippen LogP contribution in [0.3, 0.4) is 0 Å². The van der Waals surface area contributed by atoms with Gasteiger partial charge in [-0.1, -0.05) is 15.9 Å². The van der Waals surface area contributed by atoms with Crippen molar-refractivity contribution < 1.29 is 18.1 Å². The largest absolute Gasteiger partial charge is 0.320 e. The number of rotatable bonds is 6. The smallest absolute Gasteiger partial charge is 0.293 e. The lowest BCUT2D eigenvalue weighted by atomic mass is 10.2. The van der Waals surface area contributed by atoms with E-state index in [-0.39, 0.29) is 23.5 Å². The van der Waals surface area contributed by atoms with E-state index in [2.05, 4.69) is 21.2 Å². The van der Waals surface area contributed by atoms with Crippen molar-refractivity contribution >= 4 is 43.0 Å². The molecule has 1 unspecified atom stereocenters. The van der Waals surface area contributed by atoms with Gasteiger partial charge in [0.1, 0.15) is 15.5 Å². The molecule has 0 heterocycles. The lowest BCUT2D eigenvalue weighted by Crippen LogP contribution is -2.37. The second kappa shape index (κ2) is 6.96. The molecule has 10 heteroatoms. The predicted molar refractivity (Wildman–Crippen MR) is 81.7 cm³/mol. The van der Waals surface area contributed by atoms with Crippen molar-refractivity contribution in [2.75, 3.05) is 17.3 Å². The van der Waals surface area contributed by atoms with Crippen molar-refractivity contribution in [1.29, 1.82) is 0 Å². The van der Waals surface area contributed by atoms with Gasteiger partial charge in [-0.3, -0.25) is 14.9 Å². The van der Waals surface area contributed by atoms with Gasteiger partial charge in [-0.15, -0.1) is 0 Å². The number of nitro benzene ring substituents is 1. The summed E-state index contributed by atoms with van der Waals surface area (Å²) in [5.74, 6) is -0.909. The van der Waals surface area contributed by atoms with E-state index in [4.69, 9.17) is 5.73 Å².